The molecule has 0 saturated heterocycles. The molecule has 3 nitrogen and oxygen atoms in total. The Morgan fingerprint density at radius 3 is 2.25 bits per heavy atom. The van der Waals surface area contributed by atoms with E-state index in [1.165, 1.54) is 23.9 Å². The lowest BCUT2D eigenvalue weighted by Crippen LogP contribution is -2.09. The maximum Gasteiger partial charge on any atom is 0.416 e. The molecule has 0 aliphatic rings. The van der Waals surface area contributed by atoms with Gasteiger partial charge in [-0.25, -0.2) is 4.79 Å². The van der Waals surface area contributed by atoms with Gasteiger partial charge in [-0.15, -0.1) is 11.8 Å². The van der Waals surface area contributed by atoms with Gasteiger partial charge in [0.25, 0.3) is 0 Å². The minimum Gasteiger partial charge on any atom is -0.480 e. The lowest BCUT2D eigenvalue weighted by Gasteiger charge is -2.12. The Morgan fingerprint density at radius 2 is 1.66 bits per heavy atom. The maximum absolute atomic E-state index is 12.9. The molecule has 0 aliphatic heterocycles. The molecule has 0 aromatic heterocycles. The molecule has 0 bridgehead atoms. The SMILES string of the molecule is O=C(O)COc1ccc(SC/C=C(/c2ccccc2)c2ccc(C(F)(F)F)cc2)cc1Cl. The van der Waals surface area contributed by atoms with Gasteiger partial charge in [-0.05, 0) is 47.0 Å². The first kappa shape index (κ1) is 23.8. The average molecular weight is 479 g/mol. The largest absolute Gasteiger partial charge is 0.480 e. The summed E-state index contributed by atoms with van der Waals surface area (Å²) in [6.45, 7) is -0.484. The number of carbonyl (C=O) groups is 1. The third-order valence-corrected chi connectivity index (χ3v) is 5.62. The first-order valence-corrected chi connectivity index (χ1v) is 10.8. The van der Waals surface area contributed by atoms with Crippen molar-refractivity contribution < 1.29 is 27.8 Å². The molecule has 166 valence electrons. The first-order valence-electron chi connectivity index (χ1n) is 9.44. The van der Waals surface area contributed by atoms with Crippen molar-refractivity contribution in [3.63, 3.8) is 0 Å². The maximum atomic E-state index is 12.9. The van der Waals surface area contributed by atoms with Gasteiger partial charge in [-0.1, -0.05) is 60.1 Å². The molecule has 0 radical (unpaired) electrons. The van der Waals surface area contributed by atoms with E-state index in [9.17, 15) is 18.0 Å². The number of carboxylic acid groups (broad SMARTS) is 1. The molecule has 3 aromatic rings. The van der Waals surface area contributed by atoms with Gasteiger partial charge in [-0.3, -0.25) is 0 Å². The zero-order valence-corrected chi connectivity index (χ0v) is 18.2. The van der Waals surface area contributed by atoms with Crippen LogP contribution in [0.2, 0.25) is 5.02 Å². The van der Waals surface area contributed by atoms with Gasteiger partial charge in [0, 0.05) is 10.6 Å². The summed E-state index contributed by atoms with van der Waals surface area (Å²) in [6.07, 6.45) is -2.43. The van der Waals surface area contributed by atoms with E-state index in [2.05, 4.69) is 0 Å². The molecule has 0 unspecified atom stereocenters. The highest BCUT2D eigenvalue weighted by atomic mass is 35.5. The smallest absolute Gasteiger partial charge is 0.416 e. The molecule has 0 aliphatic carbocycles. The third-order valence-electron chi connectivity index (χ3n) is 4.40. The normalized spacial score (nSPS) is 11.9. The fourth-order valence-corrected chi connectivity index (χ4v) is 4.02. The second-order valence-electron chi connectivity index (χ2n) is 6.64. The van der Waals surface area contributed by atoms with Crippen LogP contribution in [0.3, 0.4) is 0 Å². The molecular formula is C24H18ClF3O3S. The van der Waals surface area contributed by atoms with Gasteiger partial charge >= 0.3 is 12.1 Å². The summed E-state index contributed by atoms with van der Waals surface area (Å²) in [7, 11) is 0. The number of rotatable bonds is 8. The minimum absolute atomic E-state index is 0.281. The highest BCUT2D eigenvalue weighted by Crippen LogP contribution is 2.33. The van der Waals surface area contributed by atoms with E-state index in [1.54, 1.807) is 18.2 Å². The topological polar surface area (TPSA) is 46.5 Å². The summed E-state index contributed by atoms with van der Waals surface area (Å²) in [4.78, 5) is 11.5. The van der Waals surface area contributed by atoms with Crippen LogP contribution in [0.25, 0.3) is 5.57 Å². The molecule has 0 amide bonds. The van der Waals surface area contributed by atoms with Crippen molar-refractivity contribution in [2.45, 2.75) is 11.1 Å². The number of benzene rings is 3. The summed E-state index contributed by atoms with van der Waals surface area (Å²) in [6, 6.07) is 19.6. The molecule has 0 fully saturated rings. The molecule has 0 saturated carbocycles. The van der Waals surface area contributed by atoms with E-state index >= 15 is 0 Å². The third kappa shape index (κ3) is 6.55. The molecule has 32 heavy (non-hydrogen) atoms. The number of hydrogen-bond acceptors (Lipinski definition) is 3. The van der Waals surface area contributed by atoms with Gasteiger partial charge < -0.3 is 9.84 Å². The van der Waals surface area contributed by atoms with Crippen LogP contribution in [0, 0.1) is 0 Å². The number of hydrogen-bond donors (Lipinski definition) is 1. The van der Waals surface area contributed by atoms with Crippen molar-refractivity contribution >= 4 is 34.9 Å². The highest BCUT2D eigenvalue weighted by Gasteiger charge is 2.30. The van der Waals surface area contributed by atoms with Gasteiger partial charge in [0.15, 0.2) is 6.61 Å². The molecule has 1 N–H and O–H groups in total. The van der Waals surface area contributed by atoms with Crippen LogP contribution in [0.5, 0.6) is 5.75 Å². The average Bonchev–Trinajstić information content (AvgIpc) is 2.76. The quantitative estimate of drug-likeness (QED) is 0.352. The van der Waals surface area contributed by atoms with Gasteiger partial charge in [0.05, 0.1) is 10.6 Å². The van der Waals surface area contributed by atoms with Crippen molar-refractivity contribution in [1.82, 2.24) is 0 Å². The zero-order chi connectivity index (χ0) is 23.1. The second kappa shape index (κ2) is 10.6. The Labute approximate surface area is 192 Å². The van der Waals surface area contributed by atoms with Crippen LogP contribution in [0.15, 0.2) is 83.8 Å². The Kier molecular flexibility index (Phi) is 7.88. The lowest BCUT2D eigenvalue weighted by atomic mass is 9.97. The first-order chi connectivity index (χ1) is 15.2. The number of ether oxygens (including phenoxy) is 1. The Morgan fingerprint density at radius 1 is 1.00 bits per heavy atom. The highest BCUT2D eigenvalue weighted by molar-refractivity contribution is 7.99. The van der Waals surface area contributed by atoms with Crippen LogP contribution < -0.4 is 4.74 Å². The van der Waals surface area contributed by atoms with Crippen LogP contribution in [0.1, 0.15) is 16.7 Å². The van der Waals surface area contributed by atoms with Crippen LogP contribution >= 0.6 is 23.4 Å². The van der Waals surface area contributed by atoms with Crippen molar-refractivity contribution in [3.05, 3.63) is 101 Å². The van der Waals surface area contributed by atoms with Crippen molar-refractivity contribution in [2.75, 3.05) is 12.4 Å². The van der Waals surface area contributed by atoms with Crippen LogP contribution in [0.4, 0.5) is 13.2 Å². The van der Waals surface area contributed by atoms with Crippen molar-refractivity contribution in [2.24, 2.45) is 0 Å². The van der Waals surface area contributed by atoms with E-state index in [0.29, 0.717) is 16.3 Å². The Hall–Kier alpha value is -2.90. The fourth-order valence-electron chi connectivity index (χ4n) is 2.91. The number of aliphatic carboxylic acids is 1. The van der Waals surface area contributed by atoms with E-state index in [1.807, 2.05) is 36.4 Å². The molecule has 3 rings (SSSR count). The summed E-state index contributed by atoms with van der Waals surface area (Å²) in [5, 5.41) is 8.99. The summed E-state index contributed by atoms with van der Waals surface area (Å²) < 4.78 is 43.9. The van der Waals surface area contributed by atoms with E-state index in [-0.39, 0.29) is 5.75 Å². The van der Waals surface area contributed by atoms with Gasteiger partial charge in [0.1, 0.15) is 5.75 Å². The summed E-state index contributed by atoms with van der Waals surface area (Å²) >= 11 is 7.64. The van der Waals surface area contributed by atoms with Crippen molar-refractivity contribution in [3.8, 4) is 5.75 Å². The minimum atomic E-state index is -4.38. The van der Waals surface area contributed by atoms with Crippen molar-refractivity contribution in [1.29, 1.82) is 0 Å². The van der Waals surface area contributed by atoms with Gasteiger partial charge in [0.2, 0.25) is 0 Å². The number of carboxylic acids is 1. The summed E-state index contributed by atoms with van der Waals surface area (Å²) in [5.74, 6) is -0.276. The standard InChI is InChI=1S/C24H18ClF3O3S/c25-21-14-19(10-11-22(21)31-15-23(29)30)32-13-12-20(16-4-2-1-3-5-16)17-6-8-18(9-7-17)24(26,27)28/h1-12,14H,13,15H2,(H,29,30)/b20-12-. The van der Waals surface area contributed by atoms with Crippen LogP contribution in [-0.4, -0.2) is 23.4 Å². The molecule has 0 atom stereocenters. The Balaban J connectivity index is 1.79. The summed E-state index contributed by atoms with van der Waals surface area (Å²) in [5.41, 5.74) is 1.70. The predicted octanol–water partition coefficient (Wildman–Crippen LogP) is 7.05. The predicted molar refractivity (Wildman–Crippen MR) is 120 cm³/mol. The molecular weight excluding hydrogens is 461 g/mol. The molecule has 8 heteroatoms. The van der Waals surface area contributed by atoms with E-state index in [0.717, 1.165) is 28.2 Å². The number of alkyl halides is 3. The number of halogens is 4. The fraction of sp³-hybridized carbons (Fsp3) is 0.125. The monoisotopic (exact) mass is 478 g/mol. The van der Waals surface area contributed by atoms with E-state index in [4.69, 9.17) is 21.4 Å². The van der Waals surface area contributed by atoms with Crippen LogP contribution in [-0.2, 0) is 11.0 Å². The zero-order valence-electron chi connectivity index (χ0n) is 16.6. The number of thioether (sulfide) groups is 1. The molecule has 0 heterocycles. The van der Waals surface area contributed by atoms with Gasteiger partial charge in [-0.2, -0.15) is 13.2 Å². The van der Waals surface area contributed by atoms with E-state index < -0.39 is 24.3 Å². The second-order valence-corrected chi connectivity index (χ2v) is 8.15. The lowest BCUT2D eigenvalue weighted by molar-refractivity contribution is -0.139. The molecule has 0 spiro atoms. The molecule has 3 aromatic carbocycles. The Bertz CT molecular complexity index is 1100.